The number of amides is 1. The molecule has 0 aliphatic rings. The molecule has 0 aliphatic carbocycles. The molecule has 0 spiro atoms. The molecule has 4 nitrogen and oxygen atoms in total. The van der Waals surface area contributed by atoms with Crippen molar-refractivity contribution in [3.63, 3.8) is 0 Å². The van der Waals surface area contributed by atoms with E-state index in [1.807, 2.05) is 23.6 Å². The van der Waals surface area contributed by atoms with E-state index in [-0.39, 0.29) is 5.56 Å². The van der Waals surface area contributed by atoms with Crippen molar-refractivity contribution in [3.05, 3.63) is 66.6 Å². The minimum Gasteiger partial charge on any atom is -0.422 e. The van der Waals surface area contributed by atoms with Crippen molar-refractivity contribution in [1.29, 1.82) is 0 Å². The van der Waals surface area contributed by atoms with Crippen molar-refractivity contribution in [2.45, 2.75) is 13.5 Å². The molecule has 0 aliphatic heterocycles. The highest BCUT2D eigenvalue weighted by Crippen LogP contribution is 2.21. The molecule has 112 valence electrons. The summed E-state index contributed by atoms with van der Waals surface area (Å²) in [4.78, 5) is 24.4. The van der Waals surface area contributed by atoms with Crippen molar-refractivity contribution >= 4 is 44.1 Å². The normalized spacial score (nSPS) is 10.8. The standard InChI is InChI=1S/C16H12BrNO3S/c1-9-11-4-2-3-5-12(11)21-16(20)14(9)15(19)18-7-10-6-13(17)22-8-10/h2-6,8H,7H2,1H3,(H,18,19). The fraction of sp³-hybridized carbons (Fsp3) is 0.125. The van der Waals surface area contributed by atoms with E-state index in [0.29, 0.717) is 17.7 Å². The van der Waals surface area contributed by atoms with Gasteiger partial charge in [0.1, 0.15) is 11.1 Å². The number of halogens is 1. The van der Waals surface area contributed by atoms with Crippen molar-refractivity contribution in [2.24, 2.45) is 0 Å². The van der Waals surface area contributed by atoms with Gasteiger partial charge in [-0.2, -0.15) is 0 Å². The average Bonchev–Trinajstić information content (AvgIpc) is 2.91. The number of benzene rings is 1. The molecule has 22 heavy (non-hydrogen) atoms. The van der Waals surface area contributed by atoms with Crippen molar-refractivity contribution in [1.82, 2.24) is 5.32 Å². The van der Waals surface area contributed by atoms with Crippen LogP contribution in [-0.4, -0.2) is 5.91 Å². The first-order valence-electron chi connectivity index (χ1n) is 6.60. The first kappa shape index (κ1) is 15.0. The van der Waals surface area contributed by atoms with Gasteiger partial charge in [0.05, 0.1) is 3.79 Å². The summed E-state index contributed by atoms with van der Waals surface area (Å²) in [6, 6.07) is 9.12. The van der Waals surface area contributed by atoms with Crippen LogP contribution in [-0.2, 0) is 6.54 Å². The van der Waals surface area contributed by atoms with Gasteiger partial charge in [-0.3, -0.25) is 4.79 Å². The van der Waals surface area contributed by atoms with E-state index in [1.54, 1.807) is 30.4 Å². The molecule has 2 aromatic heterocycles. The lowest BCUT2D eigenvalue weighted by Crippen LogP contribution is -2.29. The van der Waals surface area contributed by atoms with Crippen LogP contribution in [0.1, 0.15) is 21.5 Å². The Balaban J connectivity index is 1.92. The number of hydrogen-bond donors (Lipinski definition) is 1. The summed E-state index contributed by atoms with van der Waals surface area (Å²) < 4.78 is 6.23. The second-order valence-corrected chi connectivity index (χ2v) is 7.12. The van der Waals surface area contributed by atoms with E-state index >= 15 is 0 Å². The summed E-state index contributed by atoms with van der Waals surface area (Å²) >= 11 is 4.92. The summed E-state index contributed by atoms with van der Waals surface area (Å²) in [5.41, 5.74) is 1.56. The molecule has 0 atom stereocenters. The number of carbonyl (C=O) groups is 1. The maximum absolute atomic E-state index is 12.3. The summed E-state index contributed by atoms with van der Waals surface area (Å²) in [6.45, 7) is 2.13. The largest absolute Gasteiger partial charge is 0.422 e. The fourth-order valence-electron chi connectivity index (χ4n) is 2.28. The van der Waals surface area contributed by atoms with Crippen LogP contribution in [0.3, 0.4) is 0 Å². The van der Waals surface area contributed by atoms with E-state index in [1.165, 1.54) is 0 Å². The third-order valence-corrected chi connectivity index (χ3v) is 4.93. The van der Waals surface area contributed by atoms with Crippen molar-refractivity contribution in [3.8, 4) is 0 Å². The molecule has 1 N–H and O–H groups in total. The number of rotatable bonds is 3. The van der Waals surface area contributed by atoms with Crippen molar-refractivity contribution < 1.29 is 9.21 Å². The van der Waals surface area contributed by atoms with Crippen LogP contribution in [0.15, 0.2) is 48.7 Å². The second kappa shape index (κ2) is 6.06. The zero-order chi connectivity index (χ0) is 15.7. The van der Waals surface area contributed by atoms with E-state index in [9.17, 15) is 9.59 Å². The van der Waals surface area contributed by atoms with Crippen LogP contribution < -0.4 is 10.9 Å². The van der Waals surface area contributed by atoms with Crippen LogP contribution in [0.5, 0.6) is 0 Å². The molecule has 1 aromatic carbocycles. The Morgan fingerprint density at radius 2 is 2.14 bits per heavy atom. The Morgan fingerprint density at radius 3 is 2.86 bits per heavy atom. The van der Waals surface area contributed by atoms with E-state index < -0.39 is 11.5 Å². The molecule has 0 saturated heterocycles. The molecule has 0 radical (unpaired) electrons. The predicted octanol–water partition coefficient (Wildman–Crippen LogP) is 3.86. The summed E-state index contributed by atoms with van der Waals surface area (Å²) in [7, 11) is 0. The van der Waals surface area contributed by atoms with Crippen LogP contribution in [0, 0.1) is 6.92 Å². The van der Waals surface area contributed by atoms with Gasteiger partial charge in [-0.05, 0) is 51.5 Å². The molecule has 0 saturated carbocycles. The maximum Gasteiger partial charge on any atom is 0.349 e. The molecule has 0 fully saturated rings. The third kappa shape index (κ3) is 2.84. The molecule has 6 heteroatoms. The molecular formula is C16H12BrNO3S. The summed E-state index contributed by atoms with van der Waals surface area (Å²) in [5, 5.41) is 5.48. The summed E-state index contributed by atoms with van der Waals surface area (Å²) in [5.74, 6) is -0.417. The van der Waals surface area contributed by atoms with Gasteiger partial charge in [0.2, 0.25) is 0 Å². The maximum atomic E-state index is 12.3. The Labute approximate surface area is 138 Å². The van der Waals surface area contributed by atoms with Gasteiger partial charge in [-0.25, -0.2) is 4.79 Å². The minimum atomic E-state index is -0.611. The zero-order valence-corrected chi connectivity index (χ0v) is 14.1. The van der Waals surface area contributed by atoms with Gasteiger partial charge in [0.15, 0.2) is 0 Å². The first-order chi connectivity index (χ1) is 10.6. The molecule has 1 amide bonds. The van der Waals surface area contributed by atoms with E-state index in [2.05, 4.69) is 21.2 Å². The van der Waals surface area contributed by atoms with E-state index in [0.717, 1.165) is 14.7 Å². The Kier molecular flexibility index (Phi) is 4.13. The van der Waals surface area contributed by atoms with Gasteiger partial charge in [0, 0.05) is 11.9 Å². The average molecular weight is 378 g/mol. The molecule has 0 unspecified atom stereocenters. The highest BCUT2D eigenvalue weighted by molar-refractivity contribution is 9.11. The topological polar surface area (TPSA) is 59.3 Å². The highest BCUT2D eigenvalue weighted by Gasteiger charge is 2.18. The highest BCUT2D eigenvalue weighted by atomic mass is 79.9. The van der Waals surface area contributed by atoms with Gasteiger partial charge in [-0.1, -0.05) is 18.2 Å². The van der Waals surface area contributed by atoms with Crippen LogP contribution in [0.25, 0.3) is 11.0 Å². The minimum absolute atomic E-state index is 0.0630. The summed E-state index contributed by atoms with van der Waals surface area (Å²) in [6.07, 6.45) is 0. The van der Waals surface area contributed by atoms with Crippen LogP contribution >= 0.6 is 27.3 Å². The molecule has 3 aromatic rings. The fourth-order valence-corrected chi connectivity index (χ4v) is 3.49. The molecule has 2 heterocycles. The number of fused-ring (bicyclic) bond motifs is 1. The number of aryl methyl sites for hydroxylation is 1. The Hall–Kier alpha value is -1.92. The third-order valence-electron chi connectivity index (χ3n) is 3.37. The second-order valence-electron chi connectivity index (χ2n) is 4.83. The lowest BCUT2D eigenvalue weighted by molar-refractivity contribution is 0.0947. The van der Waals surface area contributed by atoms with Crippen molar-refractivity contribution in [2.75, 3.05) is 0 Å². The number of nitrogens with one attached hydrogen (secondary N) is 1. The van der Waals surface area contributed by atoms with Gasteiger partial charge < -0.3 is 9.73 Å². The lowest BCUT2D eigenvalue weighted by atomic mass is 10.1. The Bertz CT molecular complexity index is 913. The van der Waals surface area contributed by atoms with E-state index in [4.69, 9.17) is 4.42 Å². The zero-order valence-electron chi connectivity index (χ0n) is 11.7. The molecular weight excluding hydrogens is 366 g/mol. The first-order valence-corrected chi connectivity index (χ1v) is 8.27. The number of hydrogen-bond acceptors (Lipinski definition) is 4. The van der Waals surface area contributed by atoms with Crippen LogP contribution in [0.4, 0.5) is 0 Å². The molecule has 3 rings (SSSR count). The number of para-hydroxylation sites is 1. The number of thiophene rings is 1. The molecule has 0 bridgehead atoms. The monoisotopic (exact) mass is 377 g/mol. The Morgan fingerprint density at radius 1 is 1.36 bits per heavy atom. The van der Waals surface area contributed by atoms with Gasteiger partial charge in [0.25, 0.3) is 5.91 Å². The SMILES string of the molecule is Cc1c(C(=O)NCc2csc(Br)c2)c(=O)oc2ccccc12. The predicted molar refractivity (Wildman–Crippen MR) is 90.4 cm³/mol. The smallest absolute Gasteiger partial charge is 0.349 e. The number of carbonyl (C=O) groups excluding carboxylic acids is 1. The quantitative estimate of drug-likeness (QED) is 0.705. The lowest BCUT2D eigenvalue weighted by Gasteiger charge is -2.08. The van der Waals surface area contributed by atoms with Gasteiger partial charge in [-0.15, -0.1) is 11.3 Å². The van der Waals surface area contributed by atoms with Gasteiger partial charge >= 0.3 is 5.63 Å². The van der Waals surface area contributed by atoms with Crippen LogP contribution in [0.2, 0.25) is 0 Å².